The molecular weight excluding hydrogens is 249 g/mol. The van der Waals surface area contributed by atoms with Crippen LogP contribution in [0.5, 0.6) is 0 Å². The predicted molar refractivity (Wildman–Crippen MR) is 40.0 cm³/mol. The summed E-state index contributed by atoms with van der Waals surface area (Å²) in [5, 5.41) is 0. The van der Waals surface area contributed by atoms with Crippen molar-refractivity contribution in [3.05, 3.63) is 0 Å². The normalized spacial score (nSPS) is 19.4. The third kappa shape index (κ3) is 6.51. The van der Waals surface area contributed by atoms with Gasteiger partial charge in [0.2, 0.25) is 0 Å². The molecule has 2 unspecified atom stereocenters. The molecule has 9 nitrogen and oxygen atoms in total. The van der Waals surface area contributed by atoms with E-state index in [1.54, 1.807) is 0 Å². The van der Waals surface area contributed by atoms with Crippen LogP contribution in [0.2, 0.25) is 0 Å². The molecule has 3 N–H and O–H groups in total. The highest BCUT2D eigenvalue weighted by atomic mass is 31.3. The minimum absolute atomic E-state index is 0.737. The first-order valence-electron chi connectivity index (χ1n) is 2.54. The summed E-state index contributed by atoms with van der Waals surface area (Å²) in [6.45, 7) is 0. The van der Waals surface area contributed by atoms with E-state index in [0.29, 0.717) is 0 Å². The van der Waals surface area contributed by atoms with E-state index in [4.69, 9.17) is 14.7 Å². The maximum atomic E-state index is 10.9. The van der Waals surface area contributed by atoms with Gasteiger partial charge in [-0.1, -0.05) is 0 Å². The molecule has 80 valence electrons. The Bertz CT molecular complexity index is 275. The zero-order chi connectivity index (χ0) is 10.7. The fourth-order valence-corrected chi connectivity index (χ4v) is 3.12. The summed E-state index contributed by atoms with van der Waals surface area (Å²) in [5.41, 5.74) is 0. The molecule has 0 aliphatic rings. The third-order valence-corrected chi connectivity index (χ3v) is 4.24. The number of rotatable bonds is 5. The van der Waals surface area contributed by atoms with Crippen LogP contribution >= 0.6 is 23.9 Å². The van der Waals surface area contributed by atoms with Gasteiger partial charge in [-0.25, -0.2) is 13.4 Å². The first kappa shape index (κ1) is 13.4. The molecule has 0 aliphatic carbocycles. The van der Waals surface area contributed by atoms with Crippen LogP contribution in [0.3, 0.4) is 0 Å². The zero-order valence-electron chi connectivity index (χ0n) is 6.19. The molecule has 0 bridgehead atoms. The molecule has 0 amide bonds. The van der Waals surface area contributed by atoms with Gasteiger partial charge < -0.3 is 14.7 Å². The highest BCUT2D eigenvalue weighted by molar-refractivity contribution is 7.64. The number of hydrogen-bond acceptors (Lipinski definition) is 6. The lowest BCUT2D eigenvalue weighted by Crippen LogP contribution is -1.91. The summed E-state index contributed by atoms with van der Waals surface area (Å²) in [6.07, 6.45) is 0. The Balaban J connectivity index is 4.57. The van der Waals surface area contributed by atoms with E-state index in [1.165, 1.54) is 0 Å². The molecule has 0 aromatic heterocycles. The van der Waals surface area contributed by atoms with Crippen LogP contribution in [0.15, 0.2) is 0 Å². The van der Waals surface area contributed by atoms with E-state index in [1.807, 2.05) is 0 Å². The highest BCUT2D eigenvalue weighted by Crippen LogP contribution is 2.63. The fraction of sp³-hybridized carbons (Fsp3) is 1.00. The van der Waals surface area contributed by atoms with Gasteiger partial charge in [0.15, 0.2) is 0 Å². The first-order valence-corrected chi connectivity index (χ1v) is 6.79. The van der Waals surface area contributed by atoms with E-state index in [0.717, 1.165) is 7.11 Å². The van der Waals surface area contributed by atoms with E-state index in [2.05, 4.69) is 13.1 Å². The summed E-state index contributed by atoms with van der Waals surface area (Å²) in [7, 11) is -12.7. The molecule has 2 atom stereocenters. The summed E-state index contributed by atoms with van der Waals surface area (Å²) in [5.74, 6) is 0. The second-order valence-electron chi connectivity index (χ2n) is 1.56. The Morgan fingerprint density at radius 1 is 1.31 bits per heavy atom. The molecule has 0 rings (SSSR count). The van der Waals surface area contributed by atoms with Gasteiger partial charge in [-0.05, 0) is 0 Å². The summed E-state index contributed by atoms with van der Waals surface area (Å²) >= 11 is 0. The number of phosphoric acid groups is 2. The molecule has 0 radical (unpaired) electrons. The molecule has 0 fully saturated rings. The van der Waals surface area contributed by atoms with Crippen molar-refractivity contribution in [3.63, 3.8) is 0 Å². The lowest BCUT2D eigenvalue weighted by atomic mass is 11.8. The van der Waals surface area contributed by atoms with Crippen molar-refractivity contribution in [1.82, 2.24) is 0 Å². The van der Waals surface area contributed by atoms with E-state index < -0.39 is 23.9 Å². The quantitative estimate of drug-likeness (QED) is 0.590. The van der Waals surface area contributed by atoms with Gasteiger partial charge in [-0.3, -0.25) is 9.09 Å². The van der Waals surface area contributed by atoms with Crippen LogP contribution in [-0.2, 0) is 26.8 Å². The van der Waals surface area contributed by atoms with Crippen molar-refractivity contribution >= 4 is 23.9 Å². The number of hydrogen-bond donors (Lipinski definition) is 3. The monoisotopic (exact) mass is 256 g/mol. The van der Waals surface area contributed by atoms with Crippen molar-refractivity contribution in [3.8, 4) is 0 Å². The summed E-state index contributed by atoms with van der Waals surface area (Å²) in [4.78, 5) is 24.5. The van der Waals surface area contributed by atoms with Gasteiger partial charge in [-0.2, -0.15) is 4.31 Å². The van der Waals surface area contributed by atoms with Gasteiger partial charge in [-0.15, -0.1) is 0 Å². The summed E-state index contributed by atoms with van der Waals surface area (Å²) in [6, 6.07) is 0. The molecule has 0 aromatic carbocycles. The minimum atomic E-state index is -5.11. The van der Waals surface area contributed by atoms with Crippen LogP contribution < -0.4 is 0 Å². The lowest BCUT2D eigenvalue weighted by molar-refractivity contribution is 0.206. The smallest absolute Gasteiger partial charge is 0.326 e. The first-order chi connectivity index (χ1) is 5.68. The topological polar surface area (TPSA) is 140 Å². The largest absolute Gasteiger partial charge is 0.490 e. The lowest BCUT2D eigenvalue weighted by Gasteiger charge is -2.13. The molecule has 0 heterocycles. The van der Waals surface area contributed by atoms with Crippen molar-refractivity contribution in [2.75, 3.05) is 7.11 Å². The van der Waals surface area contributed by atoms with Crippen molar-refractivity contribution in [2.24, 2.45) is 0 Å². The van der Waals surface area contributed by atoms with Crippen LogP contribution in [0.1, 0.15) is 0 Å². The van der Waals surface area contributed by atoms with Crippen molar-refractivity contribution < 1.29 is 41.5 Å². The second kappa shape index (κ2) is 4.79. The molecule has 0 saturated carbocycles. The maximum Gasteiger partial charge on any atom is 0.490 e. The van der Waals surface area contributed by atoms with Crippen LogP contribution in [0.4, 0.5) is 0 Å². The molecule has 0 spiro atoms. The summed E-state index contributed by atoms with van der Waals surface area (Å²) < 4.78 is 42.2. The Morgan fingerprint density at radius 2 is 1.77 bits per heavy atom. The molecule has 0 aliphatic heterocycles. The highest BCUT2D eigenvalue weighted by Gasteiger charge is 2.36. The standard InChI is InChI=1S/CH7O9P3/c1-8-13(7,9-11(2)3)10-12(4,5)6/h11H,1H3,(H,2,3)(H2,4,5,6). The second-order valence-corrected chi connectivity index (χ2v) is 5.72. The molecule has 0 aromatic rings. The van der Waals surface area contributed by atoms with Gasteiger partial charge >= 0.3 is 23.9 Å². The van der Waals surface area contributed by atoms with Crippen molar-refractivity contribution in [1.29, 1.82) is 0 Å². The predicted octanol–water partition coefficient (Wildman–Crippen LogP) is 0.249. The molecule has 13 heavy (non-hydrogen) atoms. The van der Waals surface area contributed by atoms with Crippen LogP contribution in [-0.4, -0.2) is 21.8 Å². The van der Waals surface area contributed by atoms with Crippen LogP contribution in [0.25, 0.3) is 0 Å². The van der Waals surface area contributed by atoms with Crippen LogP contribution in [0, 0.1) is 0 Å². The average molecular weight is 256 g/mol. The van der Waals surface area contributed by atoms with Gasteiger partial charge in [0.1, 0.15) is 0 Å². The Kier molecular flexibility index (Phi) is 4.96. The van der Waals surface area contributed by atoms with E-state index in [-0.39, 0.29) is 0 Å². The average Bonchev–Trinajstić information content (AvgIpc) is 1.81. The molecular formula is CH7O9P3. The third-order valence-electron chi connectivity index (χ3n) is 0.620. The van der Waals surface area contributed by atoms with Gasteiger partial charge in [0.05, 0.1) is 0 Å². The van der Waals surface area contributed by atoms with Gasteiger partial charge in [0, 0.05) is 7.11 Å². The van der Waals surface area contributed by atoms with Crippen molar-refractivity contribution in [2.45, 2.75) is 0 Å². The fourth-order valence-electron chi connectivity index (χ4n) is 0.313. The zero-order valence-corrected chi connectivity index (χ0v) is 8.97. The Labute approximate surface area is 73.4 Å². The minimum Gasteiger partial charge on any atom is -0.326 e. The van der Waals surface area contributed by atoms with E-state index in [9.17, 15) is 13.7 Å². The Morgan fingerprint density at radius 3 is 2.00 bits per heavy atom. The molecule has 0 saturated heterocycles. The SMILES string of the molecule is COP(=O)(O[PH](=O)O)OP(=O)(O)O. The maximum absolute atomic E-state index is 10.9. The molecule has 12 heteroatoms. The van der Waals surface area contributed by atoms with Gasteiger partial charge in [0.25, 0.3) is 0 Å². The Hall–Kier alpha value is 0.450. The van der Waals surface area contributed by atoms with E-state index >= 15 is 0 Å².